The van der Waals surface area contributed by atoms with Crippen molar-refractivity contribution < 1.29 is 23.5 Å². The number of fused-ring (bicyclic) bond motifs is 3. The Morgan fingerprint density at radius 1 is 1.14 bits per heavy atom. The molecule has 42 heavy (non-hydrogen) atoms. The first-order valence-electron chi connectivity index (χ1n) is 14.3. The van der Waals surface area contributed by atoms with E-state index in [4.69, 9.17) is 33.7 Å². The smallest absolute Gasteiger partial charge is 0.246 e. The molecule has 2 saturated heterocycles. The molecule has 5 atom stereocenters. The Bertz CT molecular complexity index is 1450. The van der Waals surface area contributed by atoms with E-state index in [1.807, 2.05) is 6.07 Å². The number of benzene rings is 1. The maximum Gasteiger partial charge on any atom is 0.246 e. The summed E-state index contributed by atoms with van der Waals surface area (Å²) < 4.78 is 21.6. The van der Waals surface area contributed by atoms with E-state index in [0.717, 1.165) is 12.8 Å². The summed E-state index contributed by atoms with van der Waals surface area (Å²) >= 11 is 12.5. The summed E-state index contributed by atoms with van der Waals surface area (Å²) in [6.45, 7) is 4.49. The Hall–Kier alpha value is -2.79. The number of nitrogens with two attached hydrogens (primary N) is 1. The molecular formula is C30H34Cl2FN5O4. The molecule has 5 N–H and O–H groups in total. The van der Waals surface area contributed by atoms with Crippen molar-refractivity contribution in [3.8, 4) is 0 Å². The minimum Gasteiger partial charge on any atom is -0.367 e. The molecule has 3 amide bonds. The average molecular weight is 619 g/mol. The largest absolute Gasteiger partial charge is 0.367 e. The lowest BCUT2D eigenvalue weighted by atomic mass is 9.53. The van der Waals surface area contributed by atoms with Crippen LogP contribution in [0.15, 0.2) is 30.5 Å². The molecule has 1 saturated carbocycles. The number of halogens is 3. The van der Waals surface area contributed by atoms with Gasteiger partial charge in [0.25, 0.3) is 0 Å². The topological polar surface area (TPSA) is 135 Å². The lowest BCUT2D eigenvalue weighted by molar-refractivity contribution is -0.134. The Morgan fingerprint density at radius 3 is 2.55 bits per heavy atom. The van der Waals surface area contributed by atoms with Crippen LogP contribution in [0.1, 0.15) is 69.4 Å². The highest BCUT2D eigenvalue weighted by molar-refractivity contribution is 6.31. The second-order valence-corrected chi connectivity index (χ2v) is 13.6. The van der Waals surface area contributed by atoms with Gasteiger partial charge in [-0.3, -0.25) is 19.7 Å². The Balaban J connectivity index is 1.49. The van der Waals surface area contributed by atoms with Crippen LogP contribution in [-0.4, -0.2) is 53.0 Å². The van der Waals surface area contributed by atoms with Gasteiger partial charge < -0.3 is 21.1 Å². The van der Waals surface area contributed by atoms with Gasteiger partial charge in [0.15, 0.2) is 11.0 Å². The summed E-state index contributed by atoms with van der Waals surface area (Å²) in [6, 6.07) is 5.34. The number of hydrogen-bond acceptors (Lipinski definition) is 6. The Morgan fingerprint density at radius 2 is 1.88 bits per heavy atom. The minimum absolute atomic E-state index is 0.0312. The van der Waals surface area contributed by atoms with E-state index < -0.39 is 46.6 Å². The van der Waals surface area contributed by atoms with Gasteiger partial charge in [-0.15, -0.1) is 0 Å². The molecule has 12 heteroatoms. The third kappa shape index (κ3) is 4.49. The predicted molar refractivity (Wildman–Crippen MR) is 156 cm³/mol. The van der Waals surface area contributed by atoms with Gasteiger partial charge in [0, 0.05) is 28.4 Å². The summed E-state index contributed by atoms with van der Waals surface area (Å²) in [7, 11) is 0. The standard InChI is InChI=1S/C30H34Cl2FN5O4/c1-28(2)8-10-29(11-9-28)30(18-5-3-15(31)13-19(18)37-27(30)41)21(17-7-12-35-24(32)22(17)33)23(38-29)26(40)36-16-4-6-20(25(34)39)42-14-16/h3,5,7,12-13,16,20-21,23,38H,4,6,8-11,14H2,1-2H3,(H2,34,39)(H,36,40)(H,37,41)/t16-,20+,21?,23?,30?/m1/s1. The van der Waals surface area contributed by atoms with Crippen molar-refractivity contribution in [3.05, 3.63) is 57.6 Å². The van der Waals surface area contributed by atoms with Crippen molar-refractivity contribution in [3.63, 3.8) is 0 Å². The number of ether oxygens (including phenoxy) is 1. The number of amides is 3. The average Bonchev–Trinajstić information content (AvgIpc) is 3.40. The third-order valence-corrected chi connectivity index (χ3v) is 10.4. The number of anilines is 1. The van der Waals surface area contributed by atoms with Crippen molar-refractivity contribution in [1.29, 1.82) is 0 Å². The number of aromatic nitrogens is 1. The molecule has 0 bridgehead atoms. The molecule has 1 aromatic carbocycles. The molecular weight excluding hydrogens is 584 g/mol. The summed E-state index contributed by atoms with van der Waals surface area (Å²) in [5.74, 6) is -2.99. The van der Waals surface area contributed by atoms with Gasteiger partial charge in [0.2, 0.25) is 17.7 Å². The highest BCUT2D eigenvalue weighted by Crippen LogP contribution is 2.64. The zero-order valence-corrected chi connectivity index (χ0v) is 24.9. The summed E-state index contributed by atoms with van der Waals surface area (Å²) in [4.78, 5) is 44.2. The van der Waals surface area contributed by atoms with Crippen LogP contribution < -0.4 is 21.7 Å². The van der Waals surface area contributed by atoms with E-state index >= 15 is 4.39 Å². The zero-order chi connectivity index (χ0) is 30.0. The first kappa shape index (κ1) is 29.3. The van der Waals surface area contributed by atoms with Crippen LogP contribution in [-0.2, 0) is 24.5 Å². The van der Waals surface area contributed by atoms with Gasteiger partial charge in [-0.05, 0) is 73.3 Å². The lowest BCUT2D eigenvalue weighted by Crippen LogP contribution is -2.61. The molecule has 3 unspecified atom stereocenters. The molecule has 2 aromatic rings. The fourth-order valence-corrected chi connectivity index (χ4v) is 8.05. The fourth-order valence-electron chi connectivity index (χ4n) is 7.71. The van der Waals surface area contributed by atoms with Gasteiger partial charge in [-0.25, -0.2) is 9.37 Å². The highest BCUT2D eigenvalue weighted by Gasteiger charge is 2.73. The lowest BCUT2D eigenvalue weighted by Gasteiger charge is -2.50. The normalized spacial score (nSPS) is 31.1. The predicted octanol–water partition coefficient (Wildman–Crippen LogP) is 3.96. The summed E-state index contributed by atoms with van der Waals surface area (Å²) in [5.41, 5.74) is 4.54. The van der Waals surface area contributed by atoms with Crippen molar-refractivity contribution in [2.45, 2.75) is 87.4 Å². The van der Waals surface area contributed by atoms with Crippen LogP contribution in [0, 0.1) is 11.2 Å². The van der Waals surface area contributed by atoms with Gasteiger partial charge in [-0.1, -0.05) is 43.1 Å². The number of rotatable bonds is 4. The van der Waals surface area contributed by atoms with Crippen LogP contribution in [0.3, 0.4) is 0 Å². The molecule has 3 fully saturated rings. The highest BCUT2D eigenvalue weighted by atomic mass is 35.5. The number of pyridine rings is 1. The number of carbonyl (C=O) groups is 3. The van der Waals surface area contributed by atoms with Crippen LogP contribution in [0.5, 0.6) is 0 Å². The number of carbonyl (C=O) groups excluding carboxylic acids is 3. The summed E-state index contributed by atoms with van der Waals surface area (Å²) in [6.07, 6.45) is 4.31. The van der Waals surface area contributed by atoms with Crippen molar-refractivity contribution in [2.75, 3.05) is 11.9 Å². The zero-order valence-electron chi connectivity index (χ0n) is 23.4. The molecule has 2 spiro atoms. The molecule has 6 rings (SSSR count). The van der Waals surface area contributed by atoms with Gasteiger partial charge in [0.1, 0.15) is 11.5 Å². The van der Waals surface area contributed by atoms with Gasteiger partial charge in [0.05, 0.1) is 18.7 Å². The number of nitrogens with one attached hydrogen (secondary N) is 3. The first-order chi connectivity index (χ1) is 19.9. The molecule has 1 aromatic heterocycles. The van der Waals surface area contributed by atoms with Gasteiger partial charge in [-0.2, -0.15) is 0 Å². The van der Waals surface area contributed by atoms with E-state index in [-0.39, 0.29) is 34.7 Å². The number of primary amides is 1. The van der Waals surface area contributed by atoms with E-state index in [1.165, 1.54) is 12.3 Å². The molecule has 4 aliphatic rings. The Kier molecular flexibility index (Phi) is 7.28. The maximum absolute atomic E-state index is 16.0. The van der Waals surface area contributed by atoms with Crippen molar-refractivity contribution in [2.24, 2.45) is 11.1 Å². The molecule has 3 aliphatic heterocycles. The van der Waals surface area contributed by atoms with Crippen LogP contribution in [0.4, 0.5) is 10.1 Å². The van der Waals surface area contributed by atoms with Crippen LogP contribution in [0.25, 0.3) is 0 Å². The summed E-state index contributed by atoms with van der Waals surface area (Å²) in [5, 5.41) is 9.81. The first-order valence-corrected chi connectivity index (χ1v) is 15.0. The maximum atomic E-state index is 16.0. The van der Waals surface area contributed by atoms with Crippen molar-refractivity contribution in [1.82, 2.24) is 15.6 Å². The molecule has 4 heterocycles. The molecule has 0 radical (unpaired) electrons. The van der Waals surface area contributed by atoms with E-state index in [2.05, 4.69) is 34.8 Å². The van der Waals surface area contributed by atoms with Gasteiger partial charge >= 0.3 is 0 Å². The van der Waals surface area contributed by atoms with Crippen molar-refractivity contribution >= 4 is 46.6 Å². The third-order valence-electron chi connectivity index (χ3n) is 9.89. The quantitative estimate of drug-likeness (QED) is 0.384. The second kappa shape index (κ2) is 10.4. The van der Waals surface area contributed by atoms with E-state index in [1.54, 1.807) is 12.1 Å². The molecule has 224 valence electrons. The Labute approximate surface area is 253 Å². The fraction of sp³-hybridized carbons (Fsp3) is 0.533. The molecule has 1 aliphatic carbocycles. The molecule has 9 nitrogen and oxygen atoms in total. The van der Waals surface area contributed by atoms with E-state index in [0.29, 0.717) is 42.0 Å². The SMILES string of the molecule is CC1(C)CCC2(CC1)NC(C(=O)N[C@@H]1CC[C@@H](C(N)=O)OC1)C(c1ccnc(Cl)c1F)C21C(=O)Nc2cc(Cl)ccc21. The van der Waals surface area contributed by atoms with Crippen LogP contribution in [0.2, 0.25) is 10.2 Å². The van der Waals surface area contributed by atoms with Crippen LogP contribution >= 0.6 is 23.2 Å². The monoisotopic (exact) mass is 617 g/mol. The number of hydrogen-bond donors (Lipinski definition) is 4. The second-order valence-electron chi connectivity index (χ2n) is 12.8. The minimum atomic E-state index is -1.35. The van der Waals surface area contributed by atoms with E-state index in [9.17, 15) is 14.4 Å². The number of nitrogens with zero attached hydrogens (tertiary/aromatic N) is 1.